The molecule has 21 heavy (non-hydrogen) atoms. The summed E-state index contributed by atoms with van der Waals surface area (Å²) in [5, 5.41) is 6.05. The molecule has 2 aromatic rings. The van der Waals surface area contributed by atoms with E-state index in [4.69, 9.17) is 4.42 Å². The lowest BCUT2D eigenvalue weighted by atomic mass is 10.1. The van der Waals surface area contributed by atoms with Crippen molar-refractivity contribution in [1.82, 2.24) is 10.3 Å². The molecule has 0 bridgehead atoms. The number of nitrogens with zero attached hydrogens (tertiary/aromatic N) is 1. The minimum Gasteiger partial charge on any atom is -0.467 e. The second kappa shape index (κ2) is 7.47. The minimum atomic E-state index is -0.131. The summed E-state index contributed by atoms with van der Waals surface area (Å²) in [7, 11) is 0. The second-order valence-electron chi connectivity index (χ2n) is 5.30. The molecule has 2 N–H and O–H groups in total. The lowest BCUT2D eigenvalue weighted by molar-refractivity contribution is 0.0947. The van der Waals surface area contributed by atoms with Crippen molar-refractivity contribution in [2.75, 3.05) is 11.9 Å². The molecule has 5 nitrogen and oxygen atoms in total. The normalized spacial score (nSPS) is 10.6. The molecule has 0 saturated carbocycles. The van der Waals surface area contributed by atoms with Gasteiger partial charge in [0.15, 0.2) is 0 Å². The number of hydrogen-bond acceptors (Lipinski definition) is 4. The zero-order valence-electron chi connectivity index (χ0n) is 12.4. The lowest BCUT2D eigenvalue weighted by Gasteiger charge is -2.08. The summed E-state index contributed by atoms with van der Waals surface area (Å²) in [5.74, 6) is 1.30. The zero-order valence-corrected chi connectivity index (χ0v) is 12.4. The summed E-state index contributed by atoms with van der Waals surface area (Å²) < 4.78 is 5.23. The SMILES string of the molecule is CC(C)CCNC(=O)c1ccc(NCc2ccco2)cn1. The van der Waals surface area contributed by atoms with Crippen LogP contribution in [0, 0.1) is 5.92 Å². The summed E-state index contributed by atoms with van der Waals surface area (Å²) in [4.78, 5) is 16.0. The molecule has 0 fully saturated rings. The maximum Gasteiger partial charge on any atom is 0.269 e. The molecule has 2 rings (SSSR count). The smallest absolute Gasteiger partial charge is 0.269 e. The van der Waals surface area contributed by atoms with E-state index in [0.717, 1.165) is 17.9 Å². The lowest BCUT2D eigenvalue weighted by Crippen LogP contribution is -2.26. The van der Waals surface area contributed by atoms with Gasteiger partial charge in [0.2, 0.25) is 0 Å². The van der Waals surface area contributed by atoms with E-state index < -0.39 is 0 Å². The first kappa shape index (κ1) is 15.1. The van der Waals surface area contributed by atoms with E-state index in [-0.39, 0.29) is 5.91 Å². The molecular weight excluding hydrogens is 266 g/mol. The number of carbonyl (C=O) groups excluding carboxylic acids is 1. The van der Waals surface area contributed by atoms with Crippen molar-refractivity contribution in [2.45, 2.75) is 26.8 Å². The number of pyridine rings is 1. The highest BCUT2D eigenvalue weighted by Crippen LogP contribution is 2.09. The fourth-order valence-corrected chi connectivity index (χ4v) is 1.80. The van der Waals surface area contributed by atoms with E-state index in [2.05, 4.69) is 29.5 Å². The van der Waals surface area contributed by atoms with Gasteiger partial charge in [-0.3, -0.25) is 4.79 Å². The van der Waals surface area contributed by atoms with Crippen LogP contribution in [0.2, 0.25) is 0 Å². The molecule has 2 aromatic heterocycles. The molecule has 0 atom stereocenters. The number of nitrogens with one attached hydrogen (secondary N) is 2. The number of carbonyl (C=O) groups is 1. The molecule has 0 unspecified atom stereocenters. The van der Waals surface area contributed by atoms with Gasteiger partial charge in [0.05, 0.1) is 24.7 Å². The van der Waals surface area contributed by atoms with Crippen molar-refractivity contribution in [3.05, 3.63) is 48.2 Å². The van der Waals surface area contributed by atoms with E-state index in [1.807, 2.05) is 18.2 Å². The molecule has 112 valence electrons. The molecule has 0 spiro atoms. The molecule has 0 radical (unpaired) electrons. The molecule has 0 aliphatic carbocycles. The summed E-state index contributed by atoms with van der Waals surface area (Å²) in [6.45, 7) is 5.53. The molecule has 0 aliphatic heterocycles. The maximum absolute atomic E-state index is 11.9. The molecule has 0 aliphatic rings. The molecule has 1 amide bonds. The monoisotopic (exact) mass is 287 g/mol. The third-order valence-electron chi connectivity index (χ3n) is 3.05. The first-order valence-electron chi connectivity index (χ1n) is 7.15. The Morgan fingerprint density at radius 3 is 2.81 bits per heavy atom. The molecule has 0 saturated heterocycles. The third kappa shape index (κ3) is 4.95. The van der Waals surface area contributed by atoms with Crippen LogP contribution in [0.25, 0.3) is 0 Å². The van der Waals surface area contributed by atoms with E-state index >= 15 is 0 Å². The Kier molecular flexibility index (Phi) is 5.37. The summed E-state index contributed by atoms with van der Waals surface area (Å²) >= 11 is 0. The number of hydrogen-bond donors (Lipinski definition) is 2. The Hall–Kier alpha value is -2.30. The first-order valence-corrected chi connectivity index (χ1v) is 7.15. The quantitative estimate of drug-likeness (QED) is 0.821. The van der Waals surface area contributed by atoms with Gasteiger partial charge in [0.25, 0.3) is 5.91 Å². The van der Waals surface area contributed by atoms with Crippen molar-refractivity contribution < 1.29 is 9.21 Å². The highest BCUT2D eigenvalue weighted by atomic mass is 16.3. The van der Waals surface area contributed by atoms with Crippen LogP contribution >= 0.6 is 0 Å². The largest absolute Gasteiger partial charge is 0.467 e. The van der Waals surface area contributed by atoms with Crippen LogP contribution in [-0.4, -0.2) is 17.4 Å². The number of anilines is 1. The van der Waals surface area contributed by atoms with E-state index in [1.54, 1.807) is 18.5 Å². The topological polar surface area (TPSA) is 67.2 Å². The van der Waals surface area contributed by atoms with E-state index in [0.29, 0.717) is 24.7 Å². The van der Waals surface area contributed by atoms with Gasteiger partial charge in [-0.15, -0.1) is 0 Å². The van der Waals surface area contributed by atoms with Crippen LogP contribution in [0.5, 0.6) is 0 Å². The average Bonchev–Trinajstić information content (AvgIpc) is 2.98. The number of aromatic nitrogens is 1. The fourth-order valence-electron chi connectivity index (χ4n) is 1.80. The van der Waals surface area contributed by atoms with E-state index in [1.165, 1.54) is 0 Å². The Morgan fingerprint density at radius 2 is 2.19 bits per heavy atom. The second-order valence-corrected chi connectivity index (χ2v) is 5.30. The standard InChI is InChI=1S/C16H21N3O2/c1-12(2)7-8-17-16(20)15-6-5-13(10-19-15)18-11-14-4-3-9-21-14/h3-6,9-10,12,18H,7-8,11H2,1-2H3,(H,17,20). The molecule has 0 aromatic carbocycles. The highest BCUT2D eigenvalue weighted by Gasteiger charge is 2.07. The van der Waals surface area contributed by atoms with Gasteiger partial charge >= 0.3 is 0 Å². The summed E-state index contributed by atoms with van der Waals surface area (Å²) in [5.41, 5.74) is 1.28. The molecule has 5 heteroatoms. The van der Waals surface area contributed by atoms with Gasteiger partial charge in [-0.25, -0.2) is 4.98 Å². The molecule has 2 heterocycles. The van der Waals surface area contributed by atoms with Crippen molar-refractivity contribution in [2.24, 2.45) is 5.92 Å². The third-order valence-corrected chi connectivity index (χ3v) is 3.05. The number of amides is 1. The van der Waals surface area contributed by atoms with Gasteiger partial charge in [-0.2, -0.15) is 0 Å². The van der Waals surface area contributed by atoms with Gasteiger partial charge < -0.3 is 15.1 Å². The Bertz CT molecular complexity index is 547. The highest BCUT2D eigenvalue weighted by molar-refractivity contribution is 5.92. The Morgan fingerprint density at radius 1 is 1.33 bits per heavy atom. The predicted octanol–water partition coefficient (Wildman–Crippen LogP) is 3.06. The van der Waals surface area contributed by atoms with Gasteiger partial charge in [-0.05, 0) is 36.6 Å². The van der Waals surface area contributed by atoms with Crippen LogP contribution in [0.3, 0.4) is 0 Å². The zero-order chi connectivity index (χ0) is 15.1. The van der Waals surface area contributed by atoms with Crippen molar-refractivity contribution in [3.63, 3.8) is 0 Å². The van der Waals surface area contributed by atoms with Crippen molar-refractivity contribution >= 4 is 11.6 Å². The fraction of sp³-hybridized carbons (Fsp3) is 0.375. The van der Waals surface area contributed by atoms with Crippen LogP contribution in [0.1, 0.15) is 36.5 Å². The Balaban J connectivity index is 1.82. The van der Waals surface area contributed by atoms with Gasteiger partial charge in [-0.1, -0.05) is 13.8 Å². The average molecular weight is 287 g/mol. The van der Waals surface area contributed by atoms with E-state index in [9.17, 15) is 4.79 Å². The van der Waals surface area contributed by atoms with Gasteiger partial charge in [0, 0.05) is 6.54 Å². The van der Waals surface area contributed by atoms with Crippen LogP contribution in [0.4, 0.5) is 5.69 Å². The number of rotatable bonds is 7. The van der Waals surface area contributed by atoms with Crippen molar-refractivity contribution in [1.29, 1.82) is 0 Å². The van der Waals surface area contributed by atoms with Crippen LogP contribution in [-0.2, 0) is 6.54 Å². The van der Waals surface area contributed by atoms with Gasteiger partial charge in [0.1, 0.15) is 11.5 Å². The summed E-state index contributed by atoms with van der Waals surface area (Å²) in [6, 6.07) is 7.30. The Labute approximate surface area is 124 Å². The number of furan rings is 1. The maximum atomic E-state index is 11.9. The molecular formula is C16H21N3O2. The van der Waals surface area contributed by atoms with Crippen LogP contribution in [0.15, 0.2) is 41.1 Å². The van der Waals surface area contributed by atoms with Crippen molar-refractivity contribution in [3.8, 4) is 0 Å². The first-order chi connectivity index (χ1) is 10.1. The minimum absolute atomic E-state index is 0.131. The summed E-state index contributed by atoms with van der Waals surface area (Å²) in [6.07, 6.45) is 4.26. The predicted molar refractivity (Wildman–Crippen MR) is 82.1 cm³/mol. The van der Waals surface area contributed by atoms with Crippen LogP contribution < -0.4 is 10.6 Å².